The molecule has 6 nitrogen and oxygen atoms in total. The molecule has 0 unspecified atom stereocenters. The van der Waals surface area contributed by atoms with Crippen molar-refractivity contribution in [3.63, 3.8) is 0 Å². The molecule has 2 aromatic rings. The van der Waals surface area contributed by atoms with Crippen LogP contribution < -0.4 is 5.32 Å². The van der Waals surface area contributed by atoms with Gasteiger partial charge in [-0.15, -0.1) is 0 Å². The molecular formula is C13H9ClN2O4. The first kappa shape index (κ1) is 13.8. The van der Waals surface area contributed by atoms with Gasteiger partial charge in [-0.2, -0.15) is 0 Å². The van der Waals surface area contributed by atoms with Gasteiger partial charge < -0.3 is 10.4 Å². The van der Waals surface area contributed by atoms with E-state index < -0.39 is 16.6 Å². The molecule has 2 aromatic carbocycles. The maximum absolute atomic E-state index is 11.1. The zero-order valence-electron chi connectivity index (χ0n) is 10.0. The number of carboxylic acid groups (broad SMARTS) is 1. The summed E-state index contributed by atoms with van der Waals surface area (Å²) in [6, 6.07) is 10.7. The second-order valence-corrected chi connectivity index (χ2v) is 4.28. The third kappa shape index (κ3) is 2.70. The average Bonchev–Trinajstić information content (AvgIpc) is 2.40. The molecule has 0 spiro atoms. The second-order valence-electron chi connectivity index (χ2n) is 3.87. The van der Waals surface area contributed by atoms with Gasteiger partial charge in [0, 0.05) is 0 Å². The number of nitrogens with one attached hydrogen (secondary N) is 1. The number of nitrogens with zero attached hydrogens (tertiary/aromatic N) is 1. The summed E-state index contributed by atoms with van der Waals surface area (Å²) in [6.07, 6.45) is 0. The van der Waals surface area contributed by atoms with Crippen molar-refractivity contribution in [2.45, 2.75) is 0 Å². The highest BCUT2D eigenvalue weighted by molar-refractivity contribution is 6.33. The van der Waals surface area contributed by atoms with Gasteiger partial charge in [0.2, 0.25) is 0 Å². The van der Waals surface area contributed by atoms with Crippen LogP contribution in [0.25, 0.3) is 0 Å². The Kier molecular flexibility index (Phi) is 3.86. The lowest BCUT2D eigenvalue weighted by Crippen LogP contribution is -2.05. The molecule has 0 aliphatic rings. The molecule has 2 rings (SSSR count). The van der Waals surface area contributed by atoms with Crippen LogP contribution in [0.15, 0.2) is 42.5 Å². The van der Waals surface area contributed by atoms with Gasteiger partial charge in [-0.05, 0) is 24.3 Å². The third-order valence-corrected chi connectivity index (χ3v) is 2.92. The Balaban J connectivity index is 2.52. The van der Waals surface area contributed by atoms with Crippen molar-refractivity contribution in [3.05, 3.63) is 63.2 Å². The van der Waals surface area contributed by atoms with Crippen molar-refractivity contribution in [2.75, 3.05) is 5.32 Å². The number of benzene rings is 2. The number of hydrogen-bond donors (Lipinski definition) is 2. The van der Waals surface area contributed by atoms with Gasteiger partial charge in [0.05, 0.1) is 15.6 Å². The number of nitro benzene ring substituents is 1. The van der Waals surface area contributed by atoms with Crippen LogP contribution in [0.5, 0.6) is 0 Å². The fourth-order valence-corrected chi connectivity index (χ4v) is 1.90. The molecule has 0 fully saturated rings. The summed E-state index contributed by atoms with van der Waals surface area (Å²) in [6.45, 7) is 0. The van der Waals surface area contributed by atoms with Crippen LogP contribution in [0.1, 0.15) is 10.4 Å². The summed E-state index contributed by atoms with van der Waals surface area (Å²) in [5.74, 6) is -1.36. The standard InChI is InChI=1S/C13H9ClN2O4/c14-9-5-1-2-6-10(9)15-11-7-3-4-8(13(17)18)12(11)16(19)20/h1-7,15H,(H,17,18). The minimum absolute atomic E-state index is 0.0722. The van der Waals surface area contributed by atoms with Gasteiger partial charge in [0.15, 0.2) is 0 Å². The molecule has 0 atom stereocenters. The van der Waals surface area contributed by atoms with Crippen molar-refractivity contribution in [3.8, 4) is 0 Å². The topological polar surface area (TPSA) is 92.5 Å². The van der Waals surface area contributed by atoms with Crippen LogP contribution in [-0.4, -0.2) is 16.0 Å². The molecule has 0 saturated heterocycles. The van der Waals surface area contributed by atoms with E-state index in [2.05, 4.69) is 5.32 Å². The highest BCUT2D eigenvalue weighted by Crippen LogP contribution is 2.33. The van der Waals surface area contributed by atoms with Crippen LogP contribution in [0.4, 0.5) is 17.1 Å². The summed E-state index contributed by atoms with van der Waals surface area (Å²) in [4.78, 5) is 21.4. The number of rotatable bonds is 4. The van der Waals surface area contributed by atoms with Crippen molar-refractivity contribution in [2.24, 2.45) is 0 Å². The Bertz CT molecular complexity index is 688. The molecule has 0 saturated carbocycles. The minimum atomic E-state index is -1.36. The van der Waals surface area contributed by atoms with E-state index in [4.69, 9.17) is 16.7 Å². The Morgan fingerprint density at radius 2 is 1.80 bits per heavy atom. The first-order valence-electron chi connectivity index (χ1n) is 5.53. The van der Waals surface area contributed by atoms with Crippen molar-refractivity contribution < 1.29 is 14.8 Å². The number of para-hydroxylation sites is 2. The molecule has 20 heavy (non-hydrogen) atoms. The van der Waals surface area contributed by atoms with E-state index in [1.54, 1.807) is 24.3 Å². The summed E-state index contributed by atoms with van der Waals surface area (Å²) in [5.41, 5.74) is -0.352. The average molecular weight is 293 g/mol. The lowest BCUT2D eigenvalue weighted by Gasteiger charge is -2.09. The maximum Gasteiger partial charge on any atom is 0.342 e. The monoisotopic (exact) mass is 292 g/mol. The van der Waals surface area contributed by atoms with Crippen LogP contribution in [0, 0.1) is 10.1 Å². The van der Waals surface area contributed by atoms with Crippen molar-refractivity contribution in [1.29, 1.82) is 0 Å². The minimum Gasteiger partial charge on any atom is -0.477 e. The second kappa shape index (κ2) is 5.58. The quantitative estimate of drug-likeness (QED) is 0.662. The number of hydrogen-bond acceptors (Lipinski definition) is 4. The van der Waals surface area contributed by atoms with Gasteiger partial charge in [-0.1, -0.05) is 29.8 Å². The molecule has 0 bridgehead atoms. The van der Waals surface area contributed by atoms with Gasteiger partial charge in [-0.3, -0.25) is 10.1 Å². The lowest BCUT2D eigenvalue weighted by atomic mass is 10.1. The first-order valence-corrected chi connectivity index (χ1v) is 5.90. The van der Waals surface area contributed by atoms with Gasteiger partial charge in [0.25, 0.3) is 0 Å². The largest absolute Gasteiger partial charge is 0.477 e. The third-order valence-electron chi connectivity index (χ3n) is 2.59. The fourth-order valence-electron chi connectivity index (χ4n) is 1.72. The normalized spacial score (nSPS) is 10.1. The fraction of sp³-hybridized carbons (Fsp3) is 0. The first-order chi connectivity index (χ1) is 9.50. The Morgan fingerprint density at radius 3 is 2.40 bits per heavy atom. The molecule has 0 amide bonds. The van der Waals surface area contributed by atoms with Gasteiger partial charge in [0.1, 0.15) is 11.3 Å². The molecule has 0 heterocycles. The summed E-state index contributed by atoms with van der Waals surface area (Å²) in [5, 5.41) is 23.3. The Morgan fingerprint density at radius 1 is 1.15 bits per heavy atom. The molecule has 0 aromatic heterocycles. The van der Waals surface area contributed by atoms with Crippen LogP contribution in [0.3, 0.4) is 0 Å². The summed E-state index contributed by atoms with van der Waals surface area (Å²) >= 11 is 5.96. The van der Waals surface area contributed by atoms with Crippen molar-refractivity contribution in [1.82, 2.24) is 0 Å². The lowest BCUT2D eigenvalue weighted by molar-refractivity contribution is -0.384. The van der Waals surface area contributed by atoms with Crippen LogP contribution in [0.2, 0.25) is 5.02 Å². The number of halogens is 1. The van der Waals surface area contributed by atoms with E-state index in [9.17, 15) is 14.9 Å². The van der Waals surface area contributed by atoms with E-state index in [0.717, 1.165) is 0 Å². The molecule has 2 N–H and O–H groups in total. The highest BCUT2D eigenvalue weighted by atomic mass is 35.5. The molecule has 0 aliphatic heterocycles. The number of aromatic carboxylic acids is 1. The number of carboxylic acids is 1. The zero-order chi connectivity index (χ0) is 14.7. The molecular weight excluding hydrogens is 284 g/mol. The smallest absolute Gasteiger partial charge is 0.342 e. The number of carbonyl (C=O) groups is 1. The number of nitro groups is 1. The SMILES string of the molecule is O=C(O)c1cccc(Nc2ccccc2Cl)c1[N+](=O)[O-]. The van der Waals surface area contributed by atoms with E-state index >= 15 is 0 Å². The Labute approximate surface area is 118 Å². The molecule has 7 heteroatoms. The zero-order valence-corrected chi connectivity index (χ0v) is 10.8. The molecule has 102 valence electrons. The summed E-state index contributed by atoms with van der Waals surface area (Å²) < 4.78 is 0. The van der Waals surface area contributed by atoms with Crippen molar-refractivity contribution >= 4 is 34.6 Å². The predicted molar refractivity (Wildman–Crippen MR) is 74.8 cm³/mol. The van der Waals surface area contributed by atoms with Crippen LogP contribution >= 0.6 is 11.6 Å². The summed E-state index contributed by atoms with van der Waals surface area (Å²) in [7, 11) is 0. The molecule has 0 aliphatic carbocycles. The molecule has 0 radical (unpaired) electrons. The van der Waals surface area contributed by atoms with Crippen LogP contribution in [-0.2, 0) is 0 Å². The highest BCUT2D eigenvalue weighted by Gasteiger charge is 2.24. The van der Waals surface area contributed by atoms with E-state index in [1.165, 1.54) is 18.2 Å². The Hall–Kier alpha value is -2.60. The van der Waals surface area contributed by atoms with Gasteiger partial charge >= 0.3 is 11.7 Å². The van der Waals surface area contributed by atoms with E-state index in [-0.39, 0.29) is 11.3 Å². The maximum atomic E-state index is 11.1. The van der Waals surface area contributed by atoms with E-state index in [1.807, 2.05) is 0 Å². The predicted octanol–water partition coefficient (Wildman–Crippen LogP) is 3.69. The van der Waals surface area contributed by atoms with Gasteiger partial charge in [-0.25, -0.2) is 4.79 Å². The number of anilines is 2. The van der Waals surface area contributed by atoms with E-state index in [0.29, 0.717) is 10.7 Å².